The maximum absolute atomic E-state index is 5.40. The summed E-state index contributed by atoms with van der Waals surface area (Å²) < 4.78 is 2.95. The third kappa shape index (κ3) is 2.07. The van der Waals surface area contributed by atoms with Crippen LogP contribution in [0.1, 0.15) is 30.7 Å². The smallest absolute Gasteiger partial charge is 0.182 e. The highest BCUT2D eigenvalue weighted by Gasteiger charge is 2.10. The van der Waals surface area contributed by atoms with E-state index < -0.39 is 0 Å². The number of aryl methyl sites for hydroxylation is 3. The lowest BCUT2D eigenvalue weighted by atomic mass is 10.1. The molecule has 17 heavy (non-hydrogen) atoms. The van der Waals surface area contributed by atoms with Crippen LogP contribution in [0.3, 0.4) is 0 Å². The molecule has 0 bridgehead atoms. The van der Waals surface area contributed by atoms with Crippen LogP contribution in [0.5, 0.6) is 0 Å². The van der Waals surface area contributed by atoms with Crippen LogP contribution in [0.2, 0.25) is 0 Å². The van der Waals surface area contributed by atoms with E-state index in [1.54, 1.807) is 0 Å². The van der Waals surface area contributed by atoms with Crippen molar-refractivity contribution in [1.29, 1.82) is 0 Å². The summed E-state index contributed by atoms with van der Waals surface area (Å²) in [5.74, 6) is 0. The monoisotopic (exact) mass is 246 g/mol. The lowest BCUT2D eigenvalue weighted by molar-refractivity contribution is 0.895. The summed E-state index contributed by atoms with van der Waals surface area (Å²) in [6.07, 6.45) is 4.01. The fourth-order valence-electron chi connectivity index (χ4n) is 2.23. The molecular formula is C14H18N2S. The van der Waals surface area contributed by atoms with Crippen LogP contribution < -0.4 is 0 Å². The highest BCUT2D eigenvalue weighted by Crippen LogP contribution is 2.22. The molecule has 0 aliphatic heterocycles. The van der Waals surface area contributed by atoms with E-state index in [9.17, 15) is 0 Å². The lowest BCUT2D eigenvalue weighted by Crippen LogP contribution is -2.05. The summed E-state index contributed by atoms with van der Waals surface area (Å²) in [5, 5.41) is 0. The van der Waals surface area contributed by atoms with Gasteiger partial charge in [0.05, 0.1) is 5.69 Å². The molecule has 0 fully saturated rings. The van der Waals surface area contributed by atoms with Crippen LogP contribution in [0, 0.1) is 11.7 Å². The van der Waals surface area contributed by atoms with E-state index in [2.05, 4.69) is 48.5 Å². The molecule has 0 unspecified atom stereocenters. The second-order valence-electron chi connectivity index (χ2n) is 4.21. The number of nitrogens with zero attached hydrogens (tertiary/aromatic N) is 1. The number of rotatable bonds is 3. The van der Waals surface area contributed by atoms with Gasteiger partial charge in [0.2, 0.25) is 0 Å². The summed E-state index contributed by atoms with van der Waals surface area (Å²) in [4.78, 5) is 3.14. The zero-order chi connectivity index (χ0) is 12.4. The van der Waals surface area contributed by atoms with Gasteiger partial charge in [-0.05, 0) is 43.1 Å². The molecular weight excluding hydrogens is 228 g/mol. The Bertz CT molecular complexity index is 578. The summed E-state index contributed by atoms with van der Waals surface area (Å²) in [6.45, 7) is 6.47. The third-order valence-electron chi connectivity index (χ3n) is 3.14. The Morgan fingerprint density at radius 2 is 2.00 bits per heavy atom. The van der Waals surface area contributed by atoms with E-state index in [0.717, 1.165) is 17.6 Å². The topological polar surface area (TPSA) is 20.7 Å². The number of aromatic nitrogens is 2. The molecule has 1 aromatic heterocycles. The molecule has 2 rings (SSSR count). The highest BCUT2D eigenvalue weighted by molar-refractivity contribution is 7.71. The number of imidazole rings is 1. The predicted octanol–water partition coefficient (Wildman–Crippen LogP) is 3.97. The van der Waals surface area contributed by atoms with Crippen molar-refractivity contribution in [1.82, 2.24) is 9.55 Å². The first-order chi connectivity index (χ1) is 8.19. The molecule has 0 atom stereocenters. The van der Waals surface area contributed by atoms with Crippen molar-refractivity contribution in [3.8, 4) is 5.69 Å². The normalized spacial score (nSPS) is 10.8. The third-order valence-corrected chi connectivity index (χ3v) is 3.44. The van der Waals surface area contributed by atoms with E-state index in [1.807, 2.05) is 6.20 Å². The quantitative estimate of drug-likeness (QED) is 0.813. The largest absolute Gasteiger partial charge is 0.337 e. The minimum atomic E-state index is 0.783. The number of para-hydroxylation sites is 1. The number of H-pyrrole nitrogens is 1. The number of aromatic amines is 1. The fourth-order valence-corrected chi connectivity index (χ4v) is 2.50. The Labute approximate surface area is 107 Å². The van der Waals surface area contributed by atoms with E-state index in [-0.39, 0.29) is 0 Å². The SMILES string of the molecule is CCc1cccc(C)c1-n1c(CC)c[nH]c1=S. The molecule has 0 spiro atoms. The van der Waals surface area contributed by atoms with Gasteiger partial charge >= 0.3 is 0 Å². The van der Waals surface area contributed by atoms with Crippen molar-refractivity contribution >= 4 is 12.2 Å². The van der Waals surface area contributed by atoms with Gasteiger partial charge in [-0.1, -0.05) is 32.0 Å². The molecule has 2 aromatic rings. The Morgan fingerprint density at radius 3 is 2.65 bits per heavy atom. The van der Waals surface area contributed by atoms with E-state index in [4.69, 9.17) is 12.2 Å². The standard InChI is InChI=1S/C14H18N2S/c1-4-11-8-6-7-10(3)13(11)16-12(5-2)9-15-14(16)17/h6-9H,4-5H2,1-3H3,(H,15,17). The Hall–Kier alpha value is -1.35. The van der Waals surface area contributed by atoms with Crippen molar-refractivity contribution in [3.05, 3.63) is 46.0 Å². The van der Waals surface area contributed by atoms with E-state index >= 15 is 0 Å². The summed E-state index contributed by atoms with van der Waals surface area (Å²) >= 11 is 5.40. The van der Waals surface area contributed by atoms with E-state index in [0.29, 0.717) is 0 Å². The maximum Gasteiger partial charge on any atom is 0.182 e. The minimum Gasteiger partial charge on any atom is -0.337 e. The fraction of sp³-hybridized carbons (Fsp3) is 0.357. The molecule has 0 amide bonds. The molecule has 90 valence electrons. The molecule has 0 saturated carbocycles. The van der Waals surface area contributed by atoms with Gasteiger partial charge in [0.1, 0.15) is 0 Å². The van der Waals surface area contributed by atoms with Crippen molar-refractivity contribution in [2.45, 2.75) is 33.6 Å². The number of hydrogen-bond acceptors (Lipinski definition) is 1. The summed E-state index contributed by atoms with van der Waals surface area (Å²) in [7, 11) is 0. The second kappa shape index (κ2) is 4.88. The highest BCUT2D eigenvalue weighted by atomic mass is 32.1. The van der Waals surface area contributed by atoms with Gasteiger partial charge in [0, 0.05) is 11.9 Å². The molecule has 0 radical (unpaired) electrons. The first kappa shape index (κ1) is 12.1. The van der Waals surface area contributed by atoms with Crippen LogP contribution in [0.4, 0.5) is 0 Å². The van der Waals surface area contributed by atoms with Crippen molar-refractivity contribution in [2.75, 3.05) is 0 Å². The van der Waals surface area contributed by atoms with Crippen molar-refractivity contribution in [3.63, 3.8) is 0 Å². The minimum absolute atomic E-state index is 0.783. The molecule has 1 N–H and O–H groups in total. The average Bonchev–Trinajstić information content (AvgIpc) is 2.70. The second-order valence-corrected chi connectivity index (χ2v) is 4.60. The summed E-state index contributed by atoms with van der Waals surface area (Å²) in [6, 6.07) is 6.43. The molecule has 1 aromatic carbocycles. The Morgan fingerprint density at radius 1 is 1.24 bits per heavy atom. The van der Waals surface area contributed by atoms with Crippen LogP contribution in [-0.2, 0) is 12.8 Å². The van der Waals surface area contributed by atoms with Crippen molar-refractivity contribution < 1.29 is 0 Å². The molecule has 2 nitrogen and oxygen atoms in total. The molecule has 1 heterocycles. The van der Waals surface area contributed by atoms with Gasteiger partial charge in [0.15, 0.2) is 4.77 Å². The van der Waals surface area contributed by atoms with Crippen LogP contribution in [0.15, 0.2) is 24.4 Å². The van der Waals surface area contributed by atoms with Gasteiger partial charge in [0.25, 0.3) is 0 Å². The van der Waals surface area contributed by atoms with Gasteiger partial charge in [-0.2, -0.15) is 0 Å². The first-order valence-electron chi connectivity index (χ1n) is 6.07. The van der Waals surface area contributed by atoms with Gasteiger partial charge < -0.3 is 4.98 Å². The Kier molecular flexibility index (Phi) is 3.48. The number of nitrogens with one attached hydrogen (secondary N) is 1. The van der Waals surface area contributed by atoms with Gasteiger partial charge in [-0.25, -0.2) is 0 Å². The van der Waals surface area contributed by atoms with Crippen LogP contribution in [-0.4, -0.2) is 9.55 Å². The first-order valence-corrected chi connectivity index (χ1v) is 6.48. The Balaban J connectivity index is 2.75. The summed E-state index contributed by atoms with van der Waals surface area (Å²) in [5.41, 5.74) is 5.10. The predicted molar refractivity (Wildman–Crippen MR) is 74.4 cm³/mol. The lowest BCUT2D eigenvalue weighted by Gasteiger charge is -2.14. The zero-order valence-corrected chi connectivity index (χ0v) is 11.4. The molecule has 0 aliphatic rings. The van der Waals surface area contributed by atoms with Crippen LogP contribution in [0.25, 0.3) is 5.69 Å². The average molecular weight is 246 g/mol. The van der Waals surface area contributed by atoms with E-state index in [1.165, 1.54) is 22.5 Å². The molecule has 0 saturated heterocycles. The maximum atomic E-state index is 5.40. The zero-order valence-electron chi connectivity index (χ0n) is 10.6. The van der Waals surface area contributed by atoms with Gasteiger partial charge in [-0.15, -0.1) is 0 Å². The van der Waals surface area contributed by atoms with Gasteiger partial charge in [-0.3, -0.25) is 4.57 Å². The molecule has 0 aliphatic carbocycles. The molecule has 3 heteroatoms. The van der Waals surface area contributed by atoms with Crippen molar-refractivity contribution in [2.24, 2.45) is 0 Å². The number of hydrogen-bond donors (Lipinski definition) is 1. The van der Waals surface area contributed by atoms with Crippen LogP contribution >= 0.6 is 12.2 Å². The number of benzene rings is 1.